The maximum Gasteiger partial charge on any atom is 0.270 e. The first kappa shape index (κ1) is 28.4. The lowest BCUT2D eigenvalue weighted by molar-refractivity contribution is 0.0863. The summed E-state index contributed by atoms with van der Waals surface area (Å²) in [6, 6.07) is 15.1. The summed E-state index contributed by atoms with van der Waals surface area (Å²) in [6.07, 6.45) is 3.47. The predicted octanol–water partition coefficient (Wildman–Crippen LogP) is 6.39. The average molecular weight is 557 g/mol. The molecule has 1 saturated carbocycles. The Kier molecular flexibility index (Phi) is 9.66. The van der Waals surface area contributed by atoms with Crippen molar-refractivity contribution < 1.29 is 14.6 Å². The number of benzene rings is 2. The number of aromatic nitrogens is 1. The van der Waals surface area contributed by atoms with Crippen molar-refractivity contribution in [2.45, 2.75) is 51.2 Å². The van der Waals surface area contributed by atoms with Crippen LogP contribution in [0.3, 0.4) is 0 Å². The summed E-state index contributed by atoms with van der Waals surface area (Å²) in [7, 11) is 4.05. The van der Waals surface area contributed by atoms with Gasteiger partial charge in [-0.15, -0.1) is 0 Å². The van der Waals surface area contributed by atoms with Crippen LogP contribution in [-0.4, -0.2) is 60.3 Å². The number of hydrogen-bond acceptors (Lipinski definition) is 5. The number of amides is 1. The fourth-order valence-electron chi connectivity index (χ4n) is 4.67. The van der Waals surface area contributed by atoms with Crippen LogP contribution in [0.25, 0.3) is 22.4 Å². The molecule has 1 aliphatic carbocycles. The van der Waals surface area contributed by atoms with Gasteiger partial charge in [0.05, 0.1) is 23.4 Å². The second-order valence-corrected chi connectivity index (χ2v) is 11.0. The molecule has 1 amide bonds. The molecule has 202 valence electrons. The van der Waals surface area contributed by atoms with E-state index in [0.717, 1.165) is 48.1 Å². The summed E-state index contributed by atoms with van der Waals surface area (Å²) < 4.78 is 6.01. The fourth-order valence-corrected chi connectivity index (χ4v) is 5.06. The van der Waals surface area contributed by atoms with Gasteiger partial charge in [-0.1, -0.05) is 40.9 Å². The number of carbonyl (C=O) groups excluding carboxylic acids is 1. The smallest absolute Gasteiger partial charge is 0.270 e. The third-order valence-corrected chi connectivity index (χ3v) is 7.43. The minimum atomic E-state index is -0.282. The zero-order valence-electron chi connectivity index (χ0n) is 22.1. The maximum absolute atomic E-state index is 13.2. The summed E-state index contributed by atoms with van der Waals surface area (Å²) in [5.41, 5.74) is 4.45. The zero-order valence-corrected chi connectivity index (χ0v) is 23.6. The van der Waals surface area contributed by atoms with Crippen LogP contribution in [0.1, 0.15) is 48.2 Å². The summed E-state index contributed by atoms with van der Waals surface area (Å²) in [5, 5.41) is 14.0. The van der Waals surface area contributed by atoms with Crippen molar-refractivity contribution in [1.82, 2.24) is 15.2 Å². The Morgan fingerprint density at radius 2 is 1.76 bits per heavy atom. The van der Waals surface area contributed by atoms with Gasteiger partial charge in [0.1, 0.15) is 11.4 Å². The van der Waals surface area contributed by atoms with E-state index >= 15 is 0 Å². The number of nitrogens with one attached hydrogen (secondary N) is 1. The molecule has 0 atom stereocenters. The topological polar surface area (TPSA) is 74.7 Å². The molecule has 4 rings (SSSR count). The molecule has 38 heavy (non-hydrogen) atoms. The minimum absolute atomic E-state index is 0.0275. The molecular formula is C30H35Cl2N3O3. The van der Waals surface area contributed by atoms with Crippen LogP contribution in [0.4, 0.5) is 0 Å². The minimum Gasteiger partial charge on any atom is -0.492 e. The molecule has 2 N–H and O–H groups in total. The number of pyridine rings is 1. The van der Waals surface area contributed by atoms with Crippen molar-refractivity contribution in [3.05, 3.63) is 69.8 Å². The van der Waals surface area contributed by atoms with Crippen LogP contribution in [0.15, 0.2) is 48.5 Å². The van der Waals surface area contributed by atoms with E-state index in [4.69, 9.17) is 32.9 Å². The van der Waals surface area contributed by atoms with Crippen molar-refractivity contribution in [3.63, 3.8) is 0 Å². The molecule has 6 nitrogen and oxygen atoms in total. The third kappa shape index (κ3) is 7.26. The first-order valence-corrected chi connectivity index (χ1v) is 13.8. The molecule has 0 bridgehead atoms. The van der Waals surface area contributed by atoms with Gasteiger partial charge in [-0.3, -0.25) is 4.79 Å². The molecule has 3 aromatic rings. The molecule has 0 saturated heterocycles. The van der Waals surface area contributed by atoms with Crippen LogP contribution < -0.4 is 10.1 Å². The largest absolute Gasteiger partial charge is 0.492 e. The van der Waals surface area contributed by atoms with Gasteiger partial charge in [0, 0.05) is 34.3 Å². The summed E-state index contributed by atoms with van der Waals surface area (Å²) in [4.78, 5) is 20.1. The fraction of sp³-hybridized carbons (Fsp3) is 0.400. The van der Waals surface area contributed by atoms with Gasteiger partial charge in [0.25, 0.3) is 5.91 Å². The molecule has 0 radical (unpaired) electrons. The Labute approximate surface area is 234 Å². The van der Waals surface area contributed by atoms with E-state index in [1.165, 1.54) is 0 Å². The number of hydrogen-bond donors (Lipinski definition) is 2. The molecule has 1 heterocycles. The Morgan fingerprint density at radius 3 is 2.50 bits per heavy atom. The number of rotatable bonds is 9. The van der Waals surface area contributed by atoms with E-state index in [1.807, 2.05) is 57.4 Å². The van der Waals surface area contributed by atoms with Crippen molar-refractivity contribution >= 4 is 29.1 Å². The second-order valence-electron chi connectivity index (χ2n) is 10.2. The quantitative estimate of drug-likeness (QED) is 0.299. The van der Waals surface area contributed by atoms with E-state index in [0.29, 0.717) is 46.6 Å². The van der Waals surface area contributed by atoms with Crippen LogP contribution in [-0.2, 0) is 0 Å². The Balaban J connectivity index is 1.69. The molecular weight excluding hydrogens is 521 g/mol. The van der Waals surface area contributed by atoms with Gasteiger partial charge in [0.15, 0.2) is 0 Å². The third-order valence-electron chi connectivity index (χ3n) is 6.78. The summed E-state index contributed by atoms with van der Waals surface area (Å²) >= 11 is 13.1. The van der Waals surface area contributed by atoms with Crippen LogP contribution in [0, 0.1) is 6.92 Å². The maximum atomic E-state index is 13.2. The van der Waals surface area contributed by atoms with Gasteiger partial charge < -0.3 is 20.1 Å². The van der Waals surface area contributed by atoms with Crippen molar-refractivity contribution in [1.29, 1.82) is 0 Å². The molecule has 1 fully saturated rings. The number of ether oxygens (including phenoxy) is 1. The SMILES string of the molecule is Cc1ccc(Cl)c(-c2ccc(C(=O)NC3CCC(O)CC3)nc2-c2ccc(Cl)c(OCCCN(C)C)c2)c1. The molecule has 1 aliphatic rings. The number of aryl methyl sites for hydroxylation is 1. The standard InChI is InChI=1S/C30H35Cl2N3O3/c1-19-5-12-25(31)24(17-19)23-11-14-27(30(37)33-21-7-9-22(36)10-8-21)34-29(23)20-6-13-26(32)28(18-20)38-16-4-15-35(2)3/h5-6,11-14,17-18,21-22,36H,4,7-10,15-16H2,1-3H3,(H,33,37). The molecule has 0 unspecified atom stereocenters. The van der Waals surface area contributed by atoms with Crippen LogP contribution in [0.5, 0.6) is 5.75 Å². The van der Waals surface area contributed by atoms with Crippen molar-refractivity contribution in [3.8, 4) is 28.1 Å². The molecule has 0 spiro atoms. The van der Waals surface area contributed by atoms with Gasteiger partial charge in [-0.25, -0.2) is 4.98 Å². The molecule has 8 heteroatoms. The number of aliphatic hydroxyl groups excluding tert-OH is 1. The van der Waals surface area contributed by atoms with Crippen LogP contribution in [0.2, 0.25) is 10.0 Å². The zero-order chi connectivity index (χ0) is 27.2. The number of aliphatic hydroxyl groups is 1. The highest BCUT2D eigenvalue weighted by molar-refractivity contribution is 6.33. The Hall–Kier alpha value is -2.64. The van der Waals surface area contributed by atoms with Gasteiger partial charge in [-0.05, 0) is 89.5 Å². The highest BCUT2D eigenvalue weighted by Gasteiger charge is 2.23. The van der Waals surface area contributed by atoms with E-state index in [1.54, 1.807) is 12.1 Å². The summed E-state index contributed by atoms with van der Waals surface area (Å²) in [6.45, 7) is 3.45. The van der Waals surface area contributed by atoms with Crippen LogP contribution >= 0.6 is 23.2 Å². The second kappa shape index (κ2) is 12.9. The lowest BCUT2D eigenvalue weighted by Gasteiger charge is -2.26. The van der Waals surface area contributed by atoms with E-state index in [9.17, 15) is 9.90 Å². The monoisotopic (exact) mass is 555 g/mol. The lowest BCUT2D eigenvalue weighted by Crippen LogP contribution is -2.38. The Morgan fingerprint density at radius 1 is 1.03 bits per heavy atom. The van der Waals surface area contributed by atoms with Crippen molar-refractivity contribution in [2.75, 3.05) is 27.2 Å². The van der Waals surface area contributed by atoms with Crippen molar-refractivity contribution in [2.24, 2.45) is 0 Å². The number of carbonyl (C=O) groups is 1. The van der Waals surface area contributed by atoms with Gasteiger partial charge >= 0.3 is 0 Å². The molecule has 1 aromatic heterocycles. The lowest BCUT2D eigenvalue weighted by atomic mass is 9.93. The van der Waals surface area contributed by atoms with Gasteiger partial charge in [0.2, 0.25) is 0 Å². The van der Waals surface area contributed by atoms with Gasteiger partial charge in [-0.2, -0.15) is 0 Å². The molecule has 2 aromatic carbocycles. The highest BCUT2D eigenvalue weighted by Crippen LogP contribution is 2.38. The number of nitrogens with zero attached hydrogens (tertiary/aromatic N) is 2. The predicted molar refractivity (Wildman–Crippen MR) is 154 cm³/mol. The number of halogens is 2. The summed E-state index contributed by atoms with van der Waals surface area (Å²) in [5.74, 6) is 0.338. The normalized spacial score (nSPS) is 17.4. The first-order chi connectivity index (χ1) is 18.2. The van der Waals surface area contributed by atoms with E-state index < -0.39 is 0 Å². The Bertz CT molecular complexity index is 1270. The highest BCUT2D eigenvalue weighted by atomic mass is 35.5. The first-order valence-electron chi connectivity index (χ1n) is 13.0. The van der Waals surface area contributed by atoms with E-state index in [2.05, 4.69) is 10.2 Å². The molecule has 0 aliphatic heterocycles. The average Bonchev–Trinajstić information content (AvgIpc) is 2.90. The van der Waals surface area contributed by atoms with E-state index in [-0.39, 0.29) is 18.1 Å².